The molecular weight excluding hydrogens is 363 g/mol. The topological polar surface area (TPSA) is 55.1 Å². The average molecular weight is 381 g/mol. The Morgan fingerprint density at radius 3 is 2.58 bits per heavy atom. The Morgan fingerprint density at radius 2 is 1.88 bits per heavy atom. The predicted molar refractivity (Wildman–Crippen MR) is 103 cm³/mol. The average Bonchev–Trinajstić information content (AvgIpc) is 2.76. The van der Waals surface area contributed by atoms with E-state index in [1.54, 1.807) is 11.8 Å². The Hall–Kier alpha value is -1.20. The molecule has 2 aromatic carbocycles. The Kier molecular flexibility index (Phi) is 5.72. The second-order valence-corrected chi connectivity index (χ2v) is 7.73. The number of nitrogens with one attached hydrogen (secondary N) is 1. The first-order chi connectivity index (χ1) is 11.6. The van der Waals surface area contributed by atoms with E-state index in [1.165, 1.54) is 0 Å². The molecule has 0 radical (unpaired) electrons. The number of thioether (sulfide) groups is 1. The third-order valence-corrected chi connectivity index (χ3v) is 5.98. The number of hydrogen-bond donors (Lipinski definition) is 2. The van der Waals surface area contributed by atoms with E-state index in [2.05, 4.69) is 5.32 Å². The highest BCUT2D eigenvalue weighted by molar-refractivity contribution is 8.00. The van der Waals surface area contributed by atoms with Crippen LogP contribution < -0.4 is 11.1 Å². The van der Waals surface area contributed by atoms with Crippen LogP contribution in [0.1, 0.15) is 17.2 Å². The molecule has 0 aromatic heterocycles. The van der Waals surface area contributed by atoms with Gasteiger partial charge in [-0.15, -0.1) is 11.8 Å². The Bertz CT molecular complexity index is 733. The highest BCUT2D eigenvalue weighted by Crippen LogP contribution is 2.38. The van der Waals surface area contributed by atoms with Crippen molar-refractivity contribution in [3.05, 3.63) is 58.1 Å². The van der Waals surface area contributed by atoms with Crippen molar-refractivity contribution in [3.63, 3.8) is 0 Å². The van der Waals surface area contributed by atoms with E-state index < -0.39 is 0 Å². The van der Waals surface area contributed by atoms with Crippen molar-refractivity contribution in [1.82, 2.24) is 5.32 Å². The van der Waals surface area contributed by atoms with Gasteiger partial charge in [0.15, 0.2) is 0 Å². The van der Waals surface area contributed by atoms with Crippen LogP contribution in [0.5, 0.6) is 0 Å². The molecule has 3 N–H and O–H groups in total. The summed E-state index contributed by atoms with van der Waals surface area (Å²) in [6.07, 6.45) is 0.888. The minimum atomic E-state index is -0.247. The summed E-state index contributed by atoms with van der Waals surface area (Å²) in [7, 11) is 0. The lowest BCUT2D eigenvalue weighted by molar-refractivity contribution is -0.121. The minimum absolute atomic E-state index is 0.00959. The van der Waals surface area contributed by atoms with Gasteiger partial charge in [0.2, 0.25) is 5.91 Å². The summed E-state index contributed by atoms with van der Waals surface area (Å²) >= 11 is 14.3. The van der Waals surface area contributed by atoms with Crippen LogP contribution in [-0.2, 0) is 4.79 Å². The standard InChI is InChI=1S/C18H18Cl2N2OS/c19-14-5-2-6-15(20)16(14)11-3-1-4-12(9-11)17-18(23)22-13(10-21)7-8-24-17/h1-6,9,13,17H,7-8,10,21H2,(H,22,23)/t13-,17+/m1/s1. The summed E-state index contributed by atoms with van der Waals surface area (Å²) < 4.78 is 0. The molecule has 0 unspecified atom stereocenters. The molecule has 1 heterocycles. The van der Waals surface area contributed by atoms with E-state index >= 15 is 0 Å². The third-order valence-electron chi connectivity index (χ3n) is 4.06. The zero-order valence-electron chi connectivity index (χ0n) is 13.0. The van der Waals surface area contributed by atoms with Gasteiger partial charge in [-0.2, -0.15) is 0 Å². The number of hydrogen-bond acceptors (Lipinski definition) is 3. The second-order valence-electron chi connectivity index (χ2n) is 5.70. The van der Waals surface area contributed by atoms with Gasteiger partial charge in [0.05, 0.1) is 0 Å². The van der Waals surface area contributed by atoms with E-state index in [-0.39, 0.29) is 17.2 Å². The van der Waals surface area contributed by atoms with Gasteiger partial charge < -0.3 is 11.1 Å². The van der Waals surface area contributed by atoms with Crippen molar-refractivity contribution in [1.29, 1.82) is 0 Å². The molecule has 2 aromatic rings. The van der Waals surface area contributed by atoms with Crippen molar-refractivity contribution in [2.45, 2.75) is 17.7 Å². The van der Waals surface area contributed by atoms with Crippen LogP contribution >= 0.6 is 35.0 Å². The molecule has 2 atom stereocenters. The van der Waals surface area contributed by atoms with Crippen LogP contribution in [-0.4, -0.2) is 24.2 Å². The van der Waals surface area contributed by atoms with Gasteiger partial charge in [-0.05, 0) is 41.5 Å². The zero-order chi connectivity index (χ0) is 17.1. The Morgan fingerprint density at radius 1 is 1.17 bits per heavy atom. The van der Waals surface area contributed by atoms with Crippen LogP contribution in [0.3, 0.4) is 0 Å². The van der Waals surface area contributed by atoms with Crippen molar-refractivity contribution in [3.8, 4) is 11.1 Å². The second kappa shape index (κ2) is 7.79. The number of carbonyl (C=O) groups is 1. The van der Waals surface area contributed by atoms with Gasteiger partial charge in [-0.25, -0.2) is 0 Å². The minimum Gasteiger partial charge on any atom is -0.351 e. The fourth-order valence-electron chi connectivity index (χ4n) is 2.81. The van der Waals surface area contributed by atoms with Crippen molar-refractivity contribution >= 4 is 40.9 Å². The van der Waals surface area contributed by atoms with Crippen LogP contribution in [0, 0.1) is 0 Å². The first kappa shape index (κ1) is 17.6. The zero-order valence-corrected chi connectivity index (χ0v) is 15.3. The molecule has 0 spiro atoms. The maximum absolute atomic E-state index is 12.5. The highest BCUT2D eigenvalue weighted by atomic mass is 35.5. The summed E-state index contributed by atoms with van der Waals surface area (Å²) in [5.74, 6) is 0.901. The fourth-order valence-corrected chi connectivity index (χ4v) is 4.64. The number of nitrogens with two attached hydrogens (primary N) is 1. The fraction of sp³-hybridized carbons (Fsp3) is 0.278. The molecular formula is C18H18Cl2N2OS. The lowest BCUT2D eigenvalue weighted by Crippen LogP contribution is -2.40. The van der Waals surface area contributed by atoms with Crippen LogP contribution in [0.2, 0.25) is 10.0 Å². The van der Waals surface area contributed by atoms with E-state index in [0.717, 1.165) is 28.9 Å². The molecule has 1 aliphatic rings. The number of amides is 1. The molecule has 126 valence electrons. The molecule has 0 aliphatic carbocycles. The maximum Gasteiger partial charge on any atom is 0.237 e. The molecule has 1 saturated heterocycles. The van der Waals surface area contributed by atoms with Gasteiger partial charge in [0.25, 0.3) is 0 Å². The highest BCUT2D eigenvalue weighted by Gasteiger charge is 2.27. The first-order valence-electron chi connectivity index (χ1n) is 7.76. The molecule has 1 amide bonds. The van der Waals surface area contributed by atoms with E-state index in [4.69, 9.17) is 28.9 Å². The maximum atomic E-state index is 12.5. The predicted octanol–water partition coefficient (Wildman–Crippen LogP) is 4.28. The molecule has 1 fully saturated rings. The van der Waals surface area contributed by atoms with Gasteiger partial charge >= 0.3 is 0 Å². The normalized spacial score (nSPS) is 21.2. The molecule has 6 heteroatoms. The lowest BCUT2D eigenvalue weighted by atomic mass is 10.0. The van der Waals surface area contributed by atoms with Gasteiger partial charge in [-0.1, -0.05) is 47.5 Å². The summed E-state index contributed by atoms with van der Waals surface area (Å²) in [6.45, 7) is 0.467. The molecule has 24 heavy (non-hydrogen) atoms. The monoisotopic (exact) mass is 380 g/mol. The molecule has 0 saturated carbocycles. The van der Waals surface area contributed by atoms with Crippen molar-refractivity contribution < 1.29 is 4.79 Å². The molecule has 0 bridgehead atoms. The number of rotatable bonds is 3. The lowest BCUT2D eigenvalue weighted by Gasteiger charge is -2.17. The number of benzene rings is 2. The summed E-state index contributed by atoms with van der Waals surface area (Å²) in [6, 6.07) is 13.3. The largest absolute Gasteiger partial charge is 0.351 e. The van der Waals surface area contributed by atoms with Crippen LogP contribution in [0.15, 0.2) is 42.5 Å². The van der Waals surface area contributed by atoms with E-state index in [1.807, 2.05) is 42.5 Å². The summed E-state index contributed by atoms with van der Waals surface area (Å²) in [5, 5.41) is 3.97. The van der Waals surface area contributed by atoms with Crippen LogP contribution in [0.25, 0.3) is 11.1 Å². The van der Waals surface area contributed by atoms with Gasteiger partial charge in [0.1, 0.15) is 5.25 Å². The molecule has 1 aliphatic heterocycles. The quantitative estimate of drug-likeness (QED) is 0.834. The Labute approximate surface area is 155 Å². The SMILES string of the molecule is NC[C@H]1CCS[C@@H](c2cccc(-c3c(Cl)cccc3Cl)c2)C(=O)N1. The van der Waals surface area contributed by atoms with Crippen molar-refractivity contribution in [2.24, 2.45) is 5.73 Å². The molecule has 3 rings (SSSR count). The Balaban J connectivity index is 1.95. The van der Waals surface area contributed by atoms with Gasteiger partial charge in [0, 0.05) is 28.2 Å². The van der Waals surface area contributed by atoms with E-state index in [9.17, 15) is 4.79 Å². The first-order valence-corrected chi connectivity index (χ1v) is 9.57. The summed E-state index contributed by atoms with van der Waals surface area (Å²) in [5.41, 5.74) is 8.35. The van der Waals surface area contributed by atoms with Crippen LogP contribution in [0.4, 0.5) is 0 Å². The number of halogens is 2. The smallest absolute Gasteiger partial charge is 0.237 e. The van der Waals surface area contributed by atoms with Crippen molar-refractivity contribution in [2.75, 3.05) is 12.3 Å². The van der Waals surface area contributed by atoms with E-state index in [0.29, 0.717) is 16.6 Å². The third kappa shape index (κ3) is 3.72. The van der Waals surface area contributed by atoms with Gasteiger partial charge in [-0.3, -0.25) is 4.79 Å². The molecule has 3 nitrogen and oxygen atoms in total. The number of carbonyl (C=O) groups excluding carboxylic acids is 1. The summed E-state index contributed by atoms with van der Waals surface area (Å²) in [4.78, 5) is 12.5.